The number of likely N-dealkylation sites (N-methyl/N-ethyl adjacent to an activating group) is 1. The van der Waals surface area contributed by atoms with Gasteiger partial charge in [0.2, 0.25) is 0 Å². The largest absolute Gasteiger partial charge is 0.380 e. The smallest absolute Gasteiger partial charge is 0.254 e. The Morgan fingerprint density at radius 2 is 1.79 bits per heavy atom. The van der Waals surface area contributed by atoms with E-state index in [4.69, 9.17) is 5.73 Å². The lowest BCUT2D eigenvalue weighted by molar-refractivity contribution is -0.144. The number of nitrogens with one attached hydrogen (secondary N) is 1. The van der Waals surface area contributed by atoms with Crippen molar-refractivity contribution in [3.63, 3.8) is 0 Å². The van der Waals surface area contributed by atoms with Crippen molar-refractivity contribution in [1.29, 1.82) is 0 Å². The van der Waals surface area contributed by atoms with E-state index in [1.807, 2.05) is 11.9 Å². The maximum atomic E-state index is 13.6. The molecule has 0 radical (unpaired) electrons. The van der Waals surface area contributed by atoms with Gasteiger partial charge in [0.15, 0.2) is 0 Å². The molecule has 0 bridgehead atoms. The van der Waals surface area contributed by atoms with E-state index in [1.54, 1.807) is 0 Å². The summed E-state index contributed by atoms with van der Waals surface area (Å²) in [6, 6.07) is 8.99. The van der Waals surface area contributed by atoms with E-state index < -0.39 is 5.60 Å². The highest BCUT2D eigenvalue weighted by molar-refractivity contribution is 5.88. The van der Waals surface area contributed by atoms with Crippen LogP contribution < -0.4 is 11.1 Å². The third kappa shape index (κ3) is 7.80. The molecule has 0 aromatic heterocycles. The van der Waals surface area contributed by atoms with Crippen LogP contribution in [-0.4, -0.2) is 60.5 Å². The quantitative estimate of drug-likeness (QED) is 0.228. The second-order valence-electron chi connectivity index (χ2n) is 12.4. The van der Waals surface area contributed by atoms with Gasteiger partial charge in [-0.2, -0.15) is 0 Å². The molecule has 4 rings (SSSR count). The van der Waals surface area contributed by atoms with Crippen LogP contribution in [0.5, 0.6) is 0 Å². The van der Waals surface area contributed by atoms with Gasteiger partial charge in [0.25, 0.3) is 5.91 Å². The Morgan fingerprint density at radius 3 is 2.41 bits per heavy atom. The zero-order valence-electron chi connectivity index (χ0n) is 24.3. The van der Waals surface area contributed by atoms with Gasteiger partial charge in [-0.25, -0.2) is 0 Å². The minimum absolute atomic E-state index is 0.0474. The Morgan fingerprint density at radius 1 is 1.08 bits per heavy atom. The average molecular weight is 538 g/mol. The molecule has 3 aliphatic rings. The number of hydrogen-bond donors (Lipinski definition) is 3. The molecule has 39 heavy (non-hydrogen) atoms. The van der Waals surface area contributed by atoms with Crippen LogP contribution in [0.15, 0.2) is 35.9 Å². The number of hydrogen-bond acceptors (Lipinski definition) is 5. The highest BCUT2D eigenvalue weighted by atomic mass is 16.3. The molecule has 3 unspecified atom stereocenters. The predicted molar refractivity (Wildman–Crippen MR) is 158 cm³/mol. The second-order valence-corrected chi connectivity index (χ2v) is 12.4. The van der Waals surface area contributed by atoms with Crippen molar-refractivity contribution in [3.05, 3.63) is 47.0 Å². The summed E-state index contributed by atoms with van der Waals surface area (Å²) in [4.78, 5) is 27.9. The molecule has 1 amide bonds. The number of ketones is 1. The van der Waals surface area contributed by atoms with Crippen LogP contribution in [0.2, 0.25) is 0 Å². The topological polar surface area (TPSA) is 95.7 Å². The van der Waals surface area contributed by atoms with Crippen molar-refractivity contribution in [2.45, 2.75) is 101 Å². The Kier molecular flexibility index (Phi) is 10.8. The zero-order chi connectivity index (χ0) is 27.8. The van der Waals surface area contributed by atoms with Crippen LogP contribution in [0, 0.1) is 11.8 Å². The van der Waals surface area contributed by atoms with Crippen molar-refractivity contribution in [2.24, 2.45) is 17.6 Å². The number of nitrogens with two attached hydrogens (primary N) is 1. The maximum absolute atomic E-state index is 13.6. The van der Waals surface area contributed by atoms with Gasteiger partial charge in [0.05, 0.1) is 0 Å². The molecular weight excluding hydrogens is 486 g/mol. The van der Waals surface area contributed by atoms with Crippen molar-refractivity contribution in [1.82, 2.24) is 10.2 Å². The summed E-state index contributed by atoms with van der Waals surface area (Å²) < 4.78 is 0. The molecule has 1 heterocycles. The summed E-state index contributed by atoms with van der Waals surface area (Å²) in [6.45, 7) is 5.08. The zero-order valence-corrected chi connectivity index (χ0v) is 24.3. The lowest BCUT2D eigenvalue weighted by atomic mass is 9.74. The number of nitrogens with zero attached hydrogens (tertiary/aromatic N) is 1. The third-order valence-electron chi connectivity index (χ3n) is 9.42. The first kappa shape index (κ1) is 30.0. The number of aliphatic hydroxyl groups is 1. The summed E-state index contributed by atoms with van der Waals surface area (Å²) in [7, 11) is 1.97. The van der Waals surface area contributed by atoms with Crippen LogP contribution in [0.1, 0.15) is 107 Å². The van der Waals surface area contributed by atoms with Crippen LogP contribution >= 0.6 is 0 Å². The first-order chi connectivity index (χ1) is 18.9. The van der Waals surface area contributed by atoms with Crippen molar-refractivity contribution in [2.75, 3.05) is 33.2 Å². The fraction of sp³-hybridized carbons (Fsp3) is 0.697. The molecule has 216 valence electrons. The molecule has 1 saturated carbocycles. The lowest BCUT2D eigenvalue weighted by Gasteiger charge is -2.34. The van der Waals surface area contributed by atoms with Crippen LogP contribution in [0.4, 0.5) is 0 Å². The standard InChI is InChI=1S/C33H51N3O3/c1-3-4-5-6-7-28-21-27(25-8-10-26(11-9-25)29(22-34)23-35-2)12-13-30(28)31(37)20-24-14-18-36(19-15-24)32(38)33(39)16-17-33/h8-11,21,24,27,29-30,35,39H,3-7,12-20,22-23,34H2,1-2H3. The van der Waals surface area contributed by atoms with E-state index >= 15 is 0 Å². The molecule has 1 aliphatic heterocycles. The fourth-order valence-corrected chi connectivity index (χ4v) is 6.63. The summed E-state index contributed by atoms with van der Waals surface area (Å²) >= 11 is 0. The maximum Gasteiger partial charge on any atom is 0.254 e. The third-order valence-corrected chi connectivity index (χ3v) is 9.42. The number of likely N-dealkylation sites (tertiary alicyclic amines) is 1. The number of piperidine rings is 1. The van der Waals surface area contributed by atoms with E-state index in [0.717, 1.165) is 45.1 Å². The second kappa shape index (κ2) is 14.0. The van der Waals surface area contributed by atoms with Crippen LogP contribution in [-0.2, 0) is 9.59 Å². The first-order valence-corrected chi connectivity index (χ1v) is 15.6. The van der Waals surface area contributed by atoms with E-state index in [2.05, 4.69) is 42.6 Å². The fourth-order valence-electron chi connectivity index (χ4n) is 6.63. The number of unbranched alkanes of at least 4 members (excludes halogenated alkanes) is 3. The number of amides is 1. The van der Waals surface area contributed by atoms with Gasteiger partial charge >= 0.3 is 0 Å². The molecule has 2 fully saturated rings. The van der Waals surface area contributed by atoms with Crippen molar-refractivity contribution in [3.8, 4) is 0 Å². The summed E-state index contributed by atoms with van der Waals surface area (Å²) in [6.07, 6.45) is 13.8. The molecule has 1 aromatic rings. The number of carbonyl (C=O) groups is 2. The summed E-state index contributed by atoms with van der Waals surface area (Å²) in [5.41, 5.74) is 8.89. The number of allylic oxidation sites excluding steroid dienone is 2. The summed E-state index contributed by atoms with van der Waals surface area (Å²) in [5.74, 6) is 1.38. The van der Waals surface area contributed by atoms with Gasteiger partial charge in [-0.05, 0) is 75.5 Å². The number of carbonyl (C=O) groups excluding carboxylic acids is 2. The lowest BCUT2D eigenvalue weighted by Crippen LogP contribution is -2.45. The Bertz CT molecular complexity index is 976. The minimum atomic E-state index is -1.09. The SMILES string of the molecule is CCCCCCC1=CC(c2ccc(C(CN)CNC)cc2)CCC1C(=O)CC1CCN(C(=O)C2(O)CC2)CC1. The van der Waals surface area contributed by atoms with Gasteiger partial charge < -0.3 is 21.1 Å². The van der Waals surface area contributed by atoms with Crippen molar-refractivity contribution < 1.29 is 14.7 Å². The van der Waals surface area contributed by atoms with Gasteiger partial charge in [-0.3, -0.25) is 9.59 Å². The minimum Gasteiger partial charge on any atom is -0.380 e. The van der Waals surface area contributed by atoms with E-state index in [0.29, 0.717) is 62.4 Å². The van der Waals surface area contributed by atoms with E-state index in [9.17, 15) is 14.7 Å². The normalized spacial score (nSPS) is 23.8. The highest BCUT2D eigenvalue weighted by Crippen LogP contribution is 2.40. The number of benzene rings is 1. The molecule has 3 atom stereocenters. The molecule has 6 heteroatoms. The number of Topliss-reactive ketones (excluding diaryl/α,β-unsaturated/α-hetero) is 1. The highest BCUT2D eigenvalue weighted by Gasteiger charge is 2.50. The van der Waals surface area contributed by atoms with Gasteiger partial charge in [0.1, 0.15) is 11.4 Å². The predicted octanol–water partition coefficient (Wildman–Crippen LogP) is 5.06. The molecule has 6 nitrogen and oxygen atoms in total. The van der Waals surface area contributed by atoms with Crippen molar-refractivity contribution >= 4 is 11.7 Å². The molecule has 1 aromatic carbocycles. The monoisotopic (exact) mass is 537 g/mol. The van der Waals surface area contributed by atoms with Gasteiger partial charge in [-0.15, -0.1) is 0 Å². The average Bonchev–Trinajstić information content (AvgIpc) is 3.72. The molecular formula is C33H51N3O3. The molecule has 4 N–H and O–H groups in total. The first-order valence-electron chi connectivity index (χ1n) is 15.6. The Labute approximate surface area is 235 Å². The summed E-state index contributed by atoms with van der Waals surface area (Å²) in [5, 5.41) is 13.4. The molecule has 2 aliphatic carbocycles. The van der Waals surface area contributed by atoms with Crippen LogP contribution in [0.3, 0.4) is 0 Å². The van der Waals surface area contributed by atoms with E-state index in [1.165, 1.54) is 36.0 Å². The Hall–Kier alpha value is -2.02. The Balaban J connectivity index is 1.38. The molecule has 1 saturated heterocycles. The van der Waals surface area contributed by atoms with E-state index in [-0.39, 0.29) is 11.8 Å². The van der Waals surface area contributed by atoms with Gasteiger partial charge in [0, 0.05) is 50.4 Å². The number of rotatable bonds is 14. The van der Waals surface area contributed by atoms with Crippen LogP contribution in [0.25, 0.3) is 0 Å². The van der Waals surface area contributed by atoms with Gasteiger partial charge in [-0.1, -0.05) is 62.1 Å². The molecule has 0 spiro atoms.